The molecule has 5 nitrogen and oxygen atoms in total. The zero-order chi connectivity index (χ0) is 9.56. The Morgan fingerprint density at radius 3 is 2.67 bits per heavy atom. The van der Waals surface area contributed by atoms with Gasteiger partial charge >= 0.3 is 0 Å². The monoisotopic (exact) mass is 175 g/mol. The van der Waals surface area contributed by atoms with Gasteiger partial charge in [-0.15, -0.1) is 0 Å². The van der Waals surface area contributed by atoms with Gasteiger partial charge in [-0.2, -0.15) is 0 Å². The molecule has 12 heavy (non-hydrogen) atoms. The molecule has 0 aliphatic heterocycles. The molecule has 5 heteroatoms. The molecule has 0 bridgehead atoms. The minimum Gasteiger partial charge on any atom is -0.409 e. The second-order valence-corrected chi connectivity index (χ2v) is 2.77. The van der Waals surface area contributed by atoms with Gasteiger partial charge in [0.1, 0.15) is 0 Å². The van der Waals surface area contributed by atoms with Crippen molar-refractivity contribution in [3.05, 3.63) is 0 Å². The predicted octanol–water partition coefficient (Wildman–Crippen LogP) is -0.254. The van der Waals surface area contributed by atoms with Gasteiger partial charge in [-0.3, -0.25) is 0 Å². The first kappa shape index (κ1) is 11.2. The first-order valence-corrected chi connectivity index (χ1v) is 3.84. The zero-order valence-corrected chi connectivity index (χ0v) is 7.74. The number of nitrogens with one attached hydrogen (secondary N) is 1. The molecule has 0 aromatic carbocycles. The molecule has 0 aromatic heterocycles. The minimum atomic E-state index is -0.139. The zero-order valence-electron chi connectivity index (χ0n) is 7.74. The van der Waals surface area contributed by atoms with Gasteiger partial charge < -0.3 is 21.0 Å². The normalized spacial score (nSPS) is 17.4. The smallest absolute Gasteiger partial charge is 0.156 e. The maximum Gasteiger partial charge on any atom is 0.156 e. The minimum absolute atomic E-state index is 0.139. The predicted molar refractivity (Wildman–Crippen MR) is 47.3 cm³/mol. The number of methoxy groups -OCH3 is 1. The fourth-order valence-corrected chi connectivity index (χ4v) is 0.897. The lowest BCUT2D eigenvalue weighted by Crippen LogP contribution is -2.45. The first-order chi connectivity index (χ1) is 5.61. The Morgan fingerprint density at radius 1 is 1.67 bits per heavy atom. The molecular formula is C7H17N3O2. The highest BCUT2D eigenvalue weighted by atomic mass is 16.5. The Balaban J connectivity index is 3.75. The topological polar surface area (TPSA) is 79.9 Å². The van der Waals surface area contributed by atoms with E-state index in [1.165, 1.54) is 0 Å². The number of amidine groups is 1. The van der Waals surface area contributed by atoms with Gasteiger partial charge in [-0.25, -0.2) is 0 Å². The van der Waals surface area contributed by atoms with E-state index < -0.39 is 0 Å². The standard InChI is InChI=1S/C7H17N3O2/c1-5(4-12-3)9-6(2)7(8)10-11/h5-6,9,11H,4H2,1-3H3,(H2,8,10). The van der Waals surface area contributed by atoms with Crippen LogP contribution in [-0.4, -0.2) is 36.8 Å². The van der Waals surface area contributed by atoms with Crippen molar-refractivity contribution in [1.82, 2.24) is 5.32 Å². The van der Waals surface area contributed by atoms with Crippen molar-refractivity contribution in [3.63, 3.8) is 0 Å². The number of rotatable bonds is 5. The average Bonchev–Trinajstić information content (AvgIpc) is 2.03. The van der Waals surface area contributed by atoms with Crippen LogP contribution in [-0.2, 0) is 4.74 Å². The van der Waals surface area contributed by atoms with E-state index >= 15 is 0 Å². The average molecular weight is 175 g/mol. The molecule has 0 aliphatic rings. The lowest BCUT2D eigenvalue weighted by molar-refractivity contribution is 0.170. The molecule has 0 aliphatic carbocycles. The van der Waals surface area contributed by atoms with Gasteiger partial charge in [0.2, 0.25) is 0 Å². The lowest BCUT2D eigenvalue weighted by Gasteiger charge is -2.17. The highest BCUT2D eigenvalue weighted by Crippen LogP contribution is 1.88. The summed E-state index contributed by atoms with van der Waals surface area (Å²) in [5.74, 6) is 0.179. The van der Waals surface area contributed by atoms with Gasteiger partial charge in [0.15, 0.2) is 5.84 Å². The lowest BCUT2D eigenvalue weighted by atomic mass is 10.2. The van der Waals surface area contributed by atoms with Crippen molar-refractivity contribution in [3.8, 4) is 0 Å². The van der Waals surface area contributed by atoms with Crippen LogP contribution in [0.4, 0.5) is 0 Å². The van der Waals surface area contributed by atoms with Crippen molar-refractivity contribution in [2.75, 3.05) is 13.7 Å². The number of nitrogens with two attached hydrogens (primary N) is 1. The van der Waals surface area contributed by atoms with Crippen LogP contribution in [0.3, 0.4) is 0 Å². The Kier molecular flexibility index (Phi) is 5.40. The third-order valence-corrected chi connectivity index (χ3v) is 1.51. The molecular weight excluding hydrogens is 158 g/mol. The van der Waals surface area contributed by atoms with Crippen LogP contribution >= 0.6 is 0 Å². The highest BCUT2D eigenvalue weighted by Gasteiger charge is 2.10. The van der Waals surface area contributed by atoms with E-state index in [1.807, 2.05) is 13.8 Å². The van der Waals surface area contributed by atoms with Gasteiger partial charge in [0.25, 0.3) is 0 Å². The van der Waals surface area contributed by atoms with Crippen molar-refractivity contribution in [2.24, 2.45) is 10.9 Å². The van der Waals surface area contributed by atoms with Crippen molar-refractivity contribution in [1.29, 1.82) is 0 Å². The number of ether oxygens (including phenoxy) is 1. The summed E-state index contributed by atoms with van der Waals surface area (Å²) in [5, 5.41) is 14.3. The molecule has 0 radical (unpaired) electrons. The van der Waals surface area contributed by atoms with Crippen molar-refractivity contribution < 1.29 is 9.94 Å². The Labute approximate surface area is 72.6 Å². The van der Waals surface area contributed by atoms with E-state index in [9.17, 15) is 0 Å². The van der Waals surface area contributed by atoms with Gasteiger partial charge in [-0.1, -0.05) is 5.16 Å². The first-order valence-electron chi connectivity index (χ1n) is 3.84. The molecule has 2 unspecified atom stereocenters. The summed E-state index contributed by atoms with van der Waals surface area (Å²) in [4.78, 5) is 0. The van der Waals surface area contributed by atoms with Crippen LogP contribution in [0.1, 0.15) is 13.8 Å². The Morgan fingerprint density at radius 2 is 2.25 bits per heavy atom. The van der Waals surface area contributed by atoms with E-state index in [1.54, 1.807) is 7.11 Å². The third-order valence-electron chi connectivity index (χ3n) is 1.51. The van der Waals surface area contributed by atoms with Crippen molar-refractivity contribution in [2.45, 2.75) is 25.9 Å². The molecule has 0 spiro atoms. The van der Waals surface area contributed by atoms with E-state index in [4.69, 9.17) is 15.7 Å². The van der Waals surface area contributed by atoms with Crippen LogP contribution in [0.5, 0.6) is 0 Å². The molecule has 0 aromatic rings. The molecule has 4 N–H and O–H groups in total. The van der Waals surface area contributed by atoms with Gasteiger partial charge in [0, 0.05) is 13.2 Å². The van der Waals surface area contributed by atoms with E-state index in [2.05, 4.69) is 10.5 Å². The molecule has 0 rings (SSSR count). The van der Waals surface area contributed by atoms with E-state index in [-0.39, 0.29) is 17.9 Å². The number of nitrogens with zero attached hydrogens (tertiary/aromatic N) is 1. The summed E-state index contributed by atoms with van der Waals surface area (Å²) in [7, 11) is 1.63. The molecule has 72 valence electrons. The molecule has 0 saturated carbocycles. The van der Waals surface area contributed by atoms with Crippen molar-refractivity contribution >= 4 is 5.84 Å². The fraction of sp³-hybridized carbons (Fsp3) is 0.857. The number of hydrogen-bond acceptors (Lipinski definition) is 4. The highest BCUT2D eigenvalue weighted by molar-refractivity contribution is 5.84. The Hall–Kier alpha value is -0.810. The molecule has 2 atom stereocenters. The maximum absolute atomic E-state index is 8.34. The van der Waals surface area contributed by atoms with Crippen LogP contribution in [0.25, 0.3) is 0 Å². The summed E-state index contributed by atoms with van der Waals surface area (Å²) >= 11 is 0. The molecule has 0 fully saturated rings. The van der Waals surface area contributed by atoms with Crippen LogP contribution in [0.2, 0.25) is 0 Å². The summed E-state index contributed by atoms with van der Waals surface area (Å²) in [6.45, 7) is 4.38. The summed E-state index contributed by atoms with van der Waals surface area (Å²) in [6.07, 6.45) is 0. The second-order valence-electron chi connectivity index (χ2n) is 2.77. The molecule has 0 saturated heterocycles. The maximum atomic E-state index is 8.34. The summed E-state index contributed by atoms with van der Waals surface area (Å²) in [5.41, 5.74) is 5.36. The number of hydrogen-bond donors (Lipinski definition) is 3. The largest absolute Gasteiger partial charge is 0.409 e. The SMILES string of the molecule is COCC(C)NC(C)C(N)=NO. The Bertz CT molecular complexity index is 150. The van der Waals surface area contributed by atoms with E-state index in [0.29, 0.717) is 6.61 Å². The molecule has 0 heterocycles. The summed E-state index contributed by atoms with van der Waals surface area (Å²) in [6, 6.07) is 0.0467. The third kappa shape index (κ3) is 4.15. The van der Waals surface area contributed by atoms with Gasteiger partial charge in [0.05, 0.1) is 12.6 Å². The fourth-order valence-electron chi connectivity index (χ4n) is 0.897. The van der Waals surface area contributed by atoms with Crippen LogP contribution in [0.15, 0.2) is 5.16 Å². The number of oxime groups is 1. The van der Waals surface area contributed by atoms with Gasteiger partial charge in [-0.05, 0) is 13.8 Å². The van der Waals surface area contributed by atoms with Crippen LogP contribution in [0, 0.1) is 0 Å². The van der Waals surface area contributed by atoms with E-state index in [0.717, 1.165) is 0 Å². The van der Waals surface area contributed by atoms with Crippen LogP contribution < -0.4 is 11.1 Å². The summed E-state index contributed by atoms with van der Waals surface area (Å²) < 4.78 is 4.91. The second kappa shape index (κ2) is 5.79. The quantitative estimate of drug-likeness (QED) is 0.233. The molecule has 0 amide bonds.